The molecule has 2 aromatic carbocycles. The Morgan fingerprint density at radius 1 is 1.00 bits per heavy atom. The fourth-order valence-electron chi connectivity index (χ4n) is 2.81. The maximum absolute atomic E-state index is 5.26. The minimum absolute atomic E-state index is 0.762. The predicted molar refractivity (Wildman–Crippen MR) is 104 cm³/mol. The molecular formula is C21H25N3O2. The van der Waals surface area contributed by atoms with Crippen LogP contribution >= 0.6 is 0 Å². The van der Waals surface area contributed by atoms with Gasteiger partial charge in [0.15, 0.2) is 0 Å². The quantitative estimate of drug-likeness (QED) is 0.598. The lowest BCUT2D eigenvalue weighted by molar-refractivity contribution is 0.194. The molecule has 0 saturated heterocycles. The third-order valence-electron chi connectivity index (χ3n) is 4.19. The fourth-order valence-corrected chi connectivity index (χ4v) is 2.81. The van der Waals surface area contributed by atoms with Crippen molar-refractivity contribution >= 4 is 0 Å². The van der Waals surface area contributed by atoms with E-state index < -0.39 is 0 Å². The van der Waals surface area contributed by atoms with Gasteiger partial charge in [-0.3, -0.25) is 0 Å². The zero-order valence-electron chi connectivity index (χ0n) is 15.3. The number of rotatable bonds is 9. The second-order valence-corrected chi connectivity index (χ2v) is 6.03. The lowest BCUT2D eigenvalue weighted by Crippen LogP contribution is -2.16. The van der Waals surface area contributed by atoms with Crippen LogP contribution in [-0.4, -0.2) is 37.2 Å². The average molecular weight is 351 g/mol. The molecule has 3 rings (SSSR count). The first-order valence-corrected chi connectivity index (χ1v) is 8.80. The lowest BCUT2D eigenvalue weighted by atomic mass is 10.1. The van der Waals surface area contributed by atoms with Crippen LogP contribution in [0.2, 0.25) is 0 Å². The van der Waals surface area contributed by atoms with Gasteiger partial charge >= 0.3 is 0 Å². The van der Waals surface area contributed by atoms with Crippen LogP contribution < -0.4 is 10.1 Å². The predicted octanol–water partition coefficient (Wildman–Crippen LogP) is 3.67. The van der Waals surface area contributed by atoms with E-state index in [2.05, 4.69) is 23.6 Å². The lowest BCUT2D eigenvalue weighted by Gasteiger charge is -2.06. The first kappa shape index (κ1) is 18.2. The highest BCUT2D eigenvalue weighted by Crippen LogP contribution is 2.25. The van der Waals surface area contributed by atoms with Crippen molar-refractivity contribution in [1.82, 2.24) is 15.1 Å². The summed E-state index contributed by atoms with van der Waals surface area (Å²) < 4.78 is 12.3. The summed E-state index contributed by atoms with van der Waals surface area (Å²) in [5.74, 6) is 0.843. The van der Waals surface area contributed by atoms with Gasteiger partial charge < -0.3 is 14.8 Å². The average Bonchev–Trinajstić information content (AvgIpc) is 3.13. The van der Waals surface area contributed by atoms with Crippen molar-refractivity contribution in [3.8, 4) is 22.7 Å². The van der Waals surface area contributed by atoms with Crippen molar-refractivity contribution in [1.29, 1.82) is 0 Å². The van der Waals surface area contributed by atoms with Crippen molar-refractivity contribution in [2.75, 3.05) is 27.4 Å². The summed E-state index contributed by atoms with van der Waals surface area (Å²) >= 11 is 0. The molecule has 0 unspecified atom stereocenters. The van der Waals surface area contributed by atoms with E-state index in [1.807, 2.05) is 47.1 Å². The van der Waals surface area contributed by atoms with Crippen molar-refractivity contribution in [2.24, 2.45) is 0 Å². The Kier molecular flexibility index (Phi) is 6.41. The van der Waals surface area contributed by atoms with E-state index >= 15 is 0 Å². The highest BCUT2D eigenvalue weighted by atomic mass is 16.5. The number of nitrogens with zero attached hydrogens (tertiary/aromatic N) is 2. The maximum Gasteiger partial charge on any atom is 0.118 e. The van der Waals surface area contributed by atoms with Crippen LogP contribution in [0.4, 0.5) is 0 Å². The Bertz CT molecular complexity index is 798. The Hall–Kier alpha value is -2.63. The summed E-state index contributed by atoms with van der Waals surface area (Å²) in [6, 6.07) is 18.2. The number of para-hydroxylation sites is 1. The Morgan fingerprint density at radius 2 is 1.77 bits per heavy atom. The Labute approximate surface area is 154 Å². The summed E-state index contributed by atoms with van der Waals surface area (Å²) in [6.07, 6.45) is 3.08. The second kappa shape index (κ2) is 9.17. The van der Waals surface area contributed by atoms with Crippen molar-refractivity contribution in [2.45, 2.75) is 13.0 Å². The molecule has 3 aromatic rings. The smallest absolute Gasteiger partial charge is 0.118 e. The van der Waals surface area contributed by atoms with E-state index in [-0.39, 0.29) is 0 Å². The van der Waals surface area contributed by atoms with Gasteiger partial charge in [-0.2, -0.15) is 5.10 Å². The van der Waals surface area contributed by atoms with Crippen LogP contribution in [0.5, 0.6) is 5.75 Å². The number of ether oxygens (including phenoxy) is 2. The fraction of sp³-hybridized carbons (Fsp3) is 0.286. The number of hydrogen-bond donors (Lipinski definition) is 1. The van der Waals surface area contributed by atoms with Crippen molar-refractivity contribution in [3.05, 3.63) is 66.4 Å². The SMILES string of the molecule is COCCCNCc1cn(-c2ccccc2)nc1-c1ccc(OC)cc1. The van der Waals surface area contributed by atoms with Gasteiger partial charge in [-0.15, -0.1) is 0 Å². The zero-order chi connectivity index (χ0) is 18.2. The van der Waals surface area contributed by atoms with Crippen molar-refractivity contribution < 1.29 is 9.47 Å². The molecule has 5 nitrogen and oxygen atoms in total. The van der Waals surface area contributed by atoms with Crippen LogP contribution in [0.3, 0.4) is 0 Å². The summed E-state index contributed by atoms with van der Waals surface area (Å²) in [7, 11) is 3.40. The number of hydrogen-bond acceptors (Lipinski definition) is 4. The monoisotopic (exact) mass is 351 g/mol. The van der Waals surface area contributed by atoms with E-state index in [1.165, 1.54) is 0 Å². The topological polar surface area (TPSA) is 48.3 Å². The molecule has 0 radical (unpaired) electrons. The number of benzene rings is 2. The molecule has 1 aromatic heterocycles. The first-order chi connectivity index (χ1) is 12.8. The minimum atomic E-state index is 0.762. The minimum Gasteiger partial charge on any atom is -0.497 e. The van der Waals surface area contributed by atoms with Gasteiger partial charge in [0.2, 0.25) is 0 Å². The largest absolute Gasteiger partial charge is 0.497 e. The summed E-state index contributed by atoms with van der Waals surface area (Å²) in [5.41, 5.74) is 4.27. The van der Waals surface area contributed by atoms with Gasteiger partial charge in [0.1, 0.15) is 5.75 Å². The van der Waals surface area contributed by atoms with E-state index in [4.69, 9.17) is 14.6 Å². The highest BCUT2D eigenvalue weighted by Gasteiger charge is 2.12. The third-order valence-corrected chi connectivity index (χ3v) is 4.19. The van der Waals surface area contributed by atoms with E-state index in [0.717, 1.165) is 54.4 Å². The molecule has 0 saturated carbocycles. The molecule has 1 N–H and O–H groups in total. The zero-order valence-corrected chi connectivity index (χ0v) is 15.3. The van der Waals surface area contributed by atoms with Crippen LogP contribution in [0.25, 0.3) is 16.9 Å². The molecule has 0 spiro atoms. The van der Waals surface area contributed by atoms with Crippen LogP contribution in [0.1, 0.15) is 12.0 Å². The molecule has 26 heavy (non-hydrogen) atoms. The third kappa shape index (κ3) is 4.50. The molecule has 0 aliphatic carbocycles. The van der Waals surface area contributed by atoms with E-state index in [9.17, 15) is 0 Å². The molecular weight excluding hydrogens is 326 g/mol. The van der Waals surface area contributed by atoms with Crippen LogP contribution in [0, 0.1) is 0 Å². The molecule has 0 fully saturated rings. The van der Waals surface area contributed by atoms with E-state index in [0.29, 0.717) is 0 Å². The summed E-state index contributed by atoms with van der Waals surface area (Å²) in [5, 5.41) is 8.31. The van der Waals surface area contributed by atoms with Gasteiger partial charge in [0.25, 0.3) is 0 Å². The molecule has 0 aliphatic rings. The maximum atomic E-state index is 5.26. The standard InChI is InChI=1S/C21H25N3O2/c1-25-14-6-13-22-15-18-16-24(19-7-4-3-5-8-19)23-21(18)17-9-11-20(26-2)12-10-17/h3-5,7-12,16,22H,6,13-15H2,1-2H3. The van der Waals surface area contributed by atoms with Gasteiger partial charge in [-0.05, 0) is 49.4 Å². The van der Waals surface area contributed by atoms with E-state index in [1.54, 1.807) is 14.2 Å². The van der Waals surface area contributed by atoms with Gasteiger partial charge in [0, 0.05) is 37.6 Å². The molecule has 0 bridgehead atoms. The van der Waals surface area contributed by atoms with Gasteiger partial charge in [-0.25, -0.2) is 4.68 Å². The van der Waals surface area contributed by atoms with Gasteiger partial charge in [0.05, 0.1) is 18.5 Å². The molecule has 0 amide bonds. The molecule has 0 atom stereocenters. The summed E-state index contributed by atoms with van der Waals surface area (Å²) in [4.78, 5) is 0. The summed E-state index contributed by atoms with van der Waals surface area (Å²) in [6.45, 7) is 2.44. The second-order valence-electron chi connectivity index (χ2n) is 6.03. The first-order valence-electron chi connectivity index (χ1n) is 8.80. The van der Waals surface area contributed by atoms with Crippen molar-refractivity contribution in [3.63, 3.8) is 0 Å². The molecule has 0 aliphatic heterocycles. The number of methoxy groups -OCH3 is 2. The Balaban J connectivity index is 1.85. The van der Waals surface area contributed by atoms with Crippen LogP contribution in [-0.2, 0) is 11.3 Å². The molecule has 5 heteroatoms. The van der Waals surface area contributed by atoms with Crippen LogP contribution in [0.15, 0.2) is 60.8 Å². The Morgan fingerprint density at radius 3 is 2.46 bits per heavy atom. The normalized spacial score (nSPS) is 10.8. The number of nitrogens with one attached hydrogen (secondary N) is 1. The number of aromatic nitrogens is 2. The molecule has 1 heterocycles. The molecule has 136 valence electrons. The highest BCUT2D eigenvalue weighted by molar-refractivity contribution is 5.64. The van der Waals surface area contributed by atoms with Gasteiger partial charge in [-0.1, -0.05) is 18.2 Å².